The van der Waals surface area contributed by atoms with Crippen LogP contribution < -0.4 is 0 Å². The zero-order chi connectivity index (χ0) is 28.5. The van der Waals surface area contributed by atoms with Gasteiger partial charge in [0.25, 0.3) is 0 Å². The second-order valence-corrected chi connectivity index (χ2v) is 11.6. The average molecular weight is 575 g/mol. The van der Waals surface area contributed by atoms with E-state index in [1.165, 1.54) is 27.8 Å². The molecule has 0 aliphatic rings. The van der Waals surface area contributed by atoms with Gasteiger partial charge < -0.3 is 10.6 Å². The number of benzene rings is 4. The molecule has 4 rings (SSSR count). The summed E-state index contributed by atoms with van der Waals surface area (Å²) in [5.41, 5.74) is 10.5. The summed E-state index contributed by atoms with van der Waals surface area (Å²) in [6.07, 6.45) is 0. The van der Waals surface area contributed by atoms with Crippen LogP contribution in [0.3, 0.4) is 0 Å². The summed E-state index contributed by atoms with van der Waals surface area (Å²) >= 11 is 0. The van der Waals surface area contributed by atoms with Gasteiger partial charge in [-0.3, -0.25) is 0 Å². The second-order valence-electron chi connectivity index (χ2n) is 11.6. The molecule has 0 atom stereocenters. The van der Waals surface area contributed by atoms with Gasteiger partial charge in [-0.1, -0.05) is 174 Å². The molecule has 0 saturated carbocycles. The van der Waals surface area contributed by atoms with Crippen LogP contribution in [0, 0.1) is 6.92 Å². The minimum atomic E-state index is 0. The molecule has 2 nitrogen and oxygen atoms in total. The van der Waals surface area contributed by atoms with Crippen molar-refractivity contribution in [2.45, 2.75) is 86.0 Å². The molecule has 0 fully saturated rings. The van der Waals surface area contributed by atoms with E-state index in [2.05, 4.69) is 135 Å². The van der Waals surface area contributed by atoms with E-state index in [1.54, 1.807) is 0 Å². The molecule has 0 unspecified atom stereocenters. The van der Waals surface area contributed by atoms with Gasteiger partial charge in [0.1, 0.15) is 0 Å². The van der Waals surface area contributed by atoms with E-state index >= 15 is 0 Å². The molecule has 0 spiro atoms. The molecule has 0 aromatic heterocycles. The van der Waals surface area contributed by atoms with E-state index in [9.17, 15) is 0 Å². The summed E-state index contributed by atoms with van der Waals surface area (Å²) < 4.78 is 0. The maximum atomic E-state index is 5.23. The Morgan fingerprint density at radius 1 is 0.400 bits per heavy atom. The van der Waals surface area contributed by atoms with Crippen molar-refractivity contribution < 1.29 is 17.1 Å². The van der Waals surface area contributed by atoms with Crippen molar-refractivity contribution in [2.24, 2.45) is 0 Å². The Hall–Kier alpha value is -3.00. The number of rotatable bonds is 8. The van der Waals surface area contributed by atoms with Crippen LogP contribution in [0.5, 0.6) is 0 Å². The van der Waals surface area contributed by atoms with Gasteiger partial charge in [0.2, 0.25) is 0 Å². The first kappa shape index (κ1) is 33.2. The van der Waals surface area contributed by atoms with Crippen LogP contribution in [-0.2, 0) is 17.1 Å². The molecule has 4 aromatic carbocycles. The van der Waals surface area contributed by atoms with Crippen molar-refractivity contribution >= 4 is 22.7 Å². The minimum absolute atomic E-state index is 0. The zero-order valence-corrected chi connectivity index (χ0v) is 26.8. The molecule has 0 bridgehead atoms. The fourth-order valence-electron chi connectivity index (χ4n) is 4.71. The number of hydrogen-bond donors (Lipinski definition) is 0. The largest absolute Gasteiger partial charge is 2.00 e. The SMILES string of the molecule is CC(C)c1cccc(C(C)C)c1[N-]c1ccccc1[N-]c1c(C(C)C)cccc1C(C)C.Cc1ccccc1.[Fe+2]. The van der Waals surface area contributed by atoms with Crippen molar-refractivity contribution in [2.75, 3.05) is 0 Å². The van der Waals surface area contributed by atoms with Crippen LogP contribution in [-0.4, -0.2) is 0 Å². The maximum Gasteiger partial charge on any atom is 2.00 e. The Kier molecular flexibility index (Phi) is 13.0. The predicted octanol–water partition coefficient (Wildman–Crippen LogP) is 12.8. The van der Waals surface area contributed by atoms with Crippen molar-refractivity contribution in [3.05, 3.63) is 129 Å². The van der Waals surface area contributed by atoms with Crippen LogP contribution in [0.1, 0.15) is 107 Å². The third-order valence-corrected chi connectivity index (χ3v) is 6.97. The summed E-state index contributed by atoms with van der Waals surface area (Å²) in [7, 11) is 0. The van der Waals surface area contributed by atoms with Crippen molar-refractivity contribution in [3.8, 4) is 0 Å². The monoisotopic (exact) mass is 574 g/mol. The fraction of sp³-hybridized carbons (Fsp3) is 0.351. The molecule has 212 valence electrons. The number of hydrogen-bond acceptors (Lipinski definition) is 0. The molecule has 0 saturated heterocycles. The first-order valence-corrected chi connectivity index (χ1v) is 14.4. The van der Waals surface area contributed by atoms with Crippen LogP contribution in [0.4, 0.5) is 22.7 Å². The smallest absolute Gasteiger partial charge is 0.658 e. The zero-order valence-electron chi connectivity index (χ0n) is 25.7. The molecule has 0 amide bonds. The Morgan fingerprint density at radius 3 is 0.950 bits per heavy atom. The third kappa shape index (κ3) is 8.75. The van der Waals surface area contributed by atoms with E-state index in [4.69, 9.17) is 10.6 Å². The second kappa shape index (κ2) is 15.7. The first-order chi connectivity index (χ1) is 18.6. The van der Waals surface area contributed by atoms with E-state index in [0.29, 0.717) is 23.7 Å². The van der Waals surface area contributed by atoms with E-state index in [1.807, 2.05) is 18.2 Å². The number of nitrogens with zero attached hydrogens (tertiary/aromatic N) is 2. The molecule has 0 aliphatic carbocycles. The quantitative estimate of drug-likeness (QED) is 0.187. The predicted molar refractivity (Wildman–Crippen MR) is 172 cm³/mol. The normalized spacial score (nSPS) is 10.8. The van der Waals surface area contributed by atoms with Gasteiger partial charge >= 0.3 is 17.1 Å². The summed E-state index contributed by atoms with van der Waals surface area (Å²) in [6.45, 7) is 20.0. The van der Waals surface area contributed by atoms with Gasteiger partial charge in [-0.05, 0) is 30.6 Å². The Labute approximate surface area is 254 Å². The molecule has 0 N–H and O–H groups in total. The Morgan fingerprint density at radius 2 is 0.700 bits per heavy atom. The van der Waals surface area contributed by atoms with Gasteiger partial charge in [0.05, 0.1) is 0 Å². The maximum absolute atomic E-state index is 5.23. The van der Waals surface area contributed by atoms with E-state index in [-0.39, 0.29) is 17.1 Å². The summed E-state index contributed by atoms with van der Waals surface area (Å²) in [5.74, 6) is 1.63. The van der Waals surface area contributed by atoms with E-state index in [0.717, 1.165) is 22.7 Å². The molecule has 40 heavy (non-hydrogen) atoms. The van der Waals surface area contributed by atoms with Gasteiger partial charge in [0.15, 0.2) is 0 Å². The first-order valence-electron chi connectivity index (χ1n) is 14.4. The molecule has 3 heteroatoms. The number of aryl methyl sites for hydroxylation is 1. The van der Waals surface area contributed by atoms with Crippen LogP contribution in [0.15, 0.2) is 91.0 Å². The molecule has 0 aliphatic heterocycles. The molecular weight excluding hydrogens is 528 g/mol. The van der Waals surface area contributed by atoms with Crippen LogP contribution in [0.25, 0.3) is 10.6 Å². The Bertz CT molecular complexity index is 1190. The summed E-state index contributed by atoms with van der Waals surface area (Å²) in [6, 6.07) is 31.7. The molecule has 0 radical (unpaired) electrons. The standard InChI is InChI=1S/C30H38N2.C7H8.Fe/c1-19(2)23-13-11-14-24(20(3)4)29(23)31-27-17-9-10-18-28(27)32-30-25(21(5)6)15-12-16-26(30)22(7)8;1-7-5-3-2-4-6-7;/h9-22H,1-8H3;2-6H,1H3;/q-2;;+2. The summed E-state index contributed by atoms with van der Waals surface area (Å²) in [4.78, 5) is 0. The van der Waals surface area contributed by atoms with Gasteiger partial charge in [-0.25, -0.2) is 0 Å². The minimum Gasteiger partial charge on any atom is -0.658 e. The third-order valence-electron chi connectivity index (χ3n) is 6.97. The van der Waals surface area contributed by atoms with Gasteiger partial charge in [0, 0.05) is 0 Å². The molecule has 4 aromatic rings. The topological polar surface area (TPSA) is 28.2 Å². The van der Waals surface area contributed by atoms with Crippen LogP contribution in [0.2, 0.25) is 0 Å². The van der Waals surface area contributed by atoms with Crippen LogP contribution >= 0.6 is 0 Å². The average Bonchev–Trinajstić information content (AvgIpc) is 2.90. The molecular formula is C37H46FeN2. The van der Waals surface area contributed by atoms with E-state index < -0.39 is 0 Å². The summed E-state index contributed by atoms with van der Waals surface area (Å²) in [5, 5.41) is 10.5. The van der Waals surface area contributed by atoms with Crippen molar-refractivity contribution in [1.82, 2.24) is 0 Å². The molecule has 0 heterocycles. The van der Waals surface area contributed by atoms with Crippen molar-refractivity contribution in [1.29, 1.82) is 0 Å². The fourth-order valence-corrected chi connectivity index (χ4v) is 4.71. The van der Waals surface area contributed by atoms with Gasteiger partial charge in [-0.2, -0.15) is 11.4 Å². The van der Waals surface area contributed by atoms with Crippen molar-refractivity contribution in [3.63, 3.8) is 0 Å². The Balaban J connectivity index is 0.000000610. The number of para-hydroxylation sites is 4. The van der Waals surface area contributed by atoms with Gasteiger partial charge in [-0.15, -0.1) is 11.4 Å².